The van der Waals surface area contributed by atoms with Crippen molar-refractivity contribution in [1.29, 1.82) is 5.26 Å². The molecule has 3 aromatic rings. The lowest BCUT2D eigenvalue weighted by Gasteiger charge is -2.17. The third-order valence-corrected chi connectivity index (χ3v) is 4.08. The zero-order chi connectivity index (χ0) is 20.3. The smallest absolute Gasteiger partial charge is 0.337 e. The topological polar surface area (TPSA) is 61.9 Å². The average Bonchev–Trinajstić information content (AvgIpc) is 3.18. The van der Waals surface area contributed by atoms with Crippen molar-refractivity contribution in [3.8, 4) is 11.8 Å². The molecule has 0 saturated heterocycles. The van der Waals surface area contributed by atoms with Crippen molar-refractivity contribution in [2.75, 3.05) is 7.05 Å². The minimum Gasteiger partial charge on any atom is -0.337 e. The van der Waals surface area contributed by atoms with Crippen LogP contribution in [0, 0.1) is 11.3 Å². The van der Waals surface area contributed by atoms with Gasteiger partial charge in [0, 0.05) is 25.4 Å². The molecule has 0 saturated carbocycles. The number of alkyl halides is 3. The van der Waals surface area contributed by atoms with Crippen LogP contribution in [0.3, 0.4) is 0 Å². The molecule has 3 rings (SSSR count). The molecule has 1 amide bonds. The first kappa shape index (κ1) is 19.2. The number of hydrogen-bond acceptors (Lipinski definition) is 3. The monoisotopic (exact) mass is 384 g/mol. The van der Waals surface area contributed by atoms with Gasteiger partial charge in [-0.15, -0.1) is 0 Å². The number of carbonyl (C=O) groups is 1. The van der Waals surface area contributed by atoms with E-state index in [-0.39, 0.29) is 5.91 Å². The van der Waals surface area contributed by atoms with Crippen LogP contribution >= 0.6 is 0 Å². The summed E-state index contributed by atoms with van der Waals surface area (Å²) in [5.74, 6) is -0.245. The first-order valence-electron chi connectivity index (χ1n) is 8.26. The molecule has 0 N–H and O–H groups in total. The average molecular weight is 384 g/mol. The van der Waals surface area contributed by atoms with Gasteiger partial charge in [-0.3, -0.25) is 4.79 Å². The molecule has 0 spiro atoms. The summed E-state index contributed by atoms with van der Waals surface area (Å²) >= 11 is 0. The lowest BCUT2D eigenvalue weighted by molar-refractivity contribution is -0.141. The molecule has 0 aliphatic carbocycles. The third kappa shape index (κ3) is 4.20. The second-order valence-corrected chi connectivity index (χ2v) is 6.16. The van der Waals surface area contributed by atoms with E-state index in [9.17, 15) is 18.0 Å². The maximum atomic E-state index is 12.7. The van der Waals surface area contributed by atoms with Crippen molar-refractivity contribution in [3.05, 3.63) is 83.2 Å². The largest absolute Gasteiger partial charge is 0.435 e. The zero-order valence-corrected chi connectivity index (χ0v) is 14.8. The zero-order valence-electron chi connectivity index (χ0n) is 14.8. The first-order valence-corrected chi connectivity index (χ1v) is 8.26. The molecule has 8 heteroatoms. The summed E-state index contributed by atoms with van der Waals surface area (Å²) < 4.78 is 39.1. The summed E-state index contributed by atoms with van der Waals surface area (Å²) in [4.78, 5) is 14.1. The maximum absolute atomic E-state index is 12.7. The lowest BCUT2D eigenvalue weighted by atomic mass is 10.1. The number of nitrogens with zero attached hydrogens (tertiary/aromatic N) is 4. The molecule has 0 fully saturated rings. The van der Waals surface area contributed by atoms with E-state index in [1.54, 1.807) is 25.2 Å². The van der Waals surface area contributed by atoms with Crippen LogP contribution in [-0.4, -0.2) is 27.6 Å². The van der Waals surface area contributed by atoms with Gasteiger partial charge in [0.1, 0.15) is 0 Å². The van der Waals surface area contributed by atoms with Gasteiger partial charge in [0.25, 0.3) is 5.91 Å². The summed E-state index contributed by atoms with van der Waals surface area (Å²) in [5.41, 5.74) is 1.16. The Balaban J connectivity index is 1.72. The van der Waals surface area contributed by atoms with Crippen LogP contribution in [0.15, 0.2) is 60.8 Å². The first-order chi connectivity index (χ1) is 13.3. The van der Waals surface area contributed by atoms with E-state index in [0.717, 1.165) is 16.3 Å². The Hall–Kier alpha value is -3.60. The van der Waals surface area contributed by atoms with E-state index in [2.05, 4.69) is 11.2 Å². The van der Waals surface area contributed by atoms with E-state index in [1.807, 2.05) is 6.07 Å². The third-order valence-electron chi connectivity index (χ3n) is 4.08. The predicted molar refractivity (Wildman–Crippen MR) is 95.5 cm³/mol. The fourth-order valence-electron chi connectivity index (χ4n) is 2.68. The summed E-state index contributed by atoms with van der Waals surface area (Å²) in [6.07, 6.45) is -3.29. The highest BCUT2D eigenvalue weighted by Gasteiger charge is 2.33. The van der Waals surface area contributed by atoms with Crippen LogP contribution in [0.4, 0.5) is 13.2 Å². The van der Waals surface area contributed by atoms with E-state index in [4.69, 9.17) is 5.26 Å². The second kappa shape index (κ2) is 7.56. The molecule has 0 aliphatic heterocycles. The second-order valence-electron chi connectivity index (χ2n) is 6.16. The number of nitriles is 1. The van der Waals surface area contributed by atoms with E-state index in [1.165, 1.54) is 35.4 Å². The highest BCUT2D eigenvalue weighted by Crippen LogP contribution is 2.27. The summed E-state index contributed by atoms with van der Waals surface area (Å²) in [7, 11) is 1.64. The Labute approximate surface area is 159 Å². The molecule has 142 valence electrons. The fourth-order valence-corrected chi connectivity index (χ4v) is 2.68. The quantitative estimate of drug-likeness (QED) is 0.682. The highest BCUT2D eigenvalue weighted by atomic mass is 19.4. The molecular formula is C20H15F3N4O. The van der Waals surface area contributed by atoms with Crippen molar-refractivity contribution in [3.63, 3.8) is 0 Å². The number of benzene rings is 2. The van der Waals surface area contributed by atoms with Crippen LogP contribution in [0.5, 0.6) is 0 Å². The molecule has 0 aliphatic rings. The predicted octanol–water partition coefficient (Wildman–Crippen LogP) is 4.03. The molecule has 0 radical (unpaired) electrons. The number of hydrogen-bond donors (Lipinski definition) is 0. The van der Waals surface area contributed by atoms with Gasteiger partial charge in [-0.1, -0.05) is 12.1 Å². The molecule has 1 heterocycles. The minimum atomic E-state index is -4.51. The molecule has 2 aromatic carbocycles. The van der Waals surface area contributed by atoms with E-state index >= 15 is 0 Å². The highest BCUT2D eigenvalue weighted by molar-refractivity contribution is 5.94. The van der Waals surface area contributed by atoms with Crippen LogP contribution in [0.25, 0.3) is 5.69 Å². The van der Waals surface area contributed by atoms with Crippen molar-refractivity contribution >= 4 is 5.91 Å². The molecule has 0 bridgehead atoms. The standard InChI is InChI=1S/C20H15F3N4O/c1-26(13-15-4-2-3-14(11-15)12-24)19(28)16-5-7-17(8-6-16)27-10-9-18(25-27)20(21,22)23/h2-11H,13H2,1H3. The maximum Gasteiger partial charge on any atom is 0.435 e. The van der Waals surface area contributed by atoms with Crippen LogP contribution in [-0.2, 0) is 12.7 Å². The lowest BCUT2D eigenvalue weighted by Crippen LogP contribution is -2.26. The summed E-state index contributed by atoms with van der Waals surface area (Å²) in [6, 6.07) is 16.0. The number of carbonyl (C=O) groups excluding carboxylic acids is 1. The van der Waals surface area contributed by atoms with Gasteiger partial charge in [0.05, 0.1) is 17.3 Å². The van der Waals surface area contributed by atoms with Gasteiger partial charge in [0.2, 0.25) is 0 Å². The molecule has 0 atom stereocenters. The SMILES string of the molecule is CN(Cc1cccc(C#N)c1)C(=O)c1ccc(-n2ccc(C(F)(F)F)n2)cc1. The molecule has 28 heavy (non-hydrogen) atoms. The Bertz CT molecular complexity index is 1030. The molecule has 5 nitrogen and oxygen atoms in total. The van der Waals surface area contributed by atoms with Crippen LogP contribution < -0.4 is 0 Å². The Kier molecular flexibility index (Phi) is 5.18. The van der Waals surface area contributed by atoms with Crippen molar-refractivity contribution in [2.45, 2.75) is 12.7 Å². The molecule has 0 unspecified atom stereocenters. The van der Waals surface area contributed by atoms with Gasteiger partial charge in [-0.05, 0) is 48.0 Å². The number of rotatable bonds is 4. The van der Waals surface area contributed by atoms with Crippen molar-refractivity contribution in [2.24, 2.45) is 0 Å². The van der Waals surface area contributed by atoms with Crippen LogP contribution in [0.2, 0.25) is 0 Å². The van der Waals surface area contributed by atoms with Crippen LogP contribution in [0.1, 0.15) is 27.2 Å². The van der Waals surface area contributed by atoms with Gasteiger partial charge in [-0.25, -0.2) is 4.68 Å². The van der Waals surface area contributed by atoms with Gasteiger partial charge in [0.15, 0.2) is 5.69 Å². The van der Waals surface area contributed by atoms with Gasteiger partial charge >= 0.3 is 6.18 Å². The normalized spacial score (nSPS) is 11.1. The van der Waals surface area contributed by atoms with Gasteiger partial charge in [-0.2, -0.15) is 23.5 Å². The molecule has 1 aromatic heterocycles. The van der Waals surface area contributed by atoms with Gasteiger partial charge < -0.3 is 4.90 Å². The fraction of sp³-hybridized carbons (Fsp3) is 0.150. The number of halogens is 3. The van der Waals surface area contributed by atoms with E-state index < -0.39 is 11.9 Å². The van der Waals surface area contributed by atoms with Crippen molar-refractivity contribution in [1.82, 2.24) is 14.7 Å². The Morgan fingerprint density at radius 2 is 1.89 bits per heavy atom. The Morgan fingerprint density at radius 3 is 2.50 bits per heavy atom. The van der Waals surface area contributed by atoms with Crippen molar-refractivity contribution < 1.29 is 18.0 Å². The number of amides is 1. The summed E-state index contributed by atoms with van der Waals surface area (Å²) in [5, 5.41) is 12.5. The minimum absolute atomic E-state index is 0.245. The molecular weight excluding hydrogens is 369 g/mol. The number of aromatic nitrogens is 2. The summed E-state index contributed by atoms with van der Waals surface area (Å²) in [6.45, 7) is 0.324. The Morgan fingerprint density at radius 1 is 1.18 bits per heavy atom. The van der Waals surface area contributed by atoms with E-state index in [0.29, 0.717) is 23.4 Å².